The predicted molar refractivity (Wildman–Crippen MR) is 171 cm³/mol. The third kappa shape index (κ3) is 8.11. The van der Waals surface area contributed by atoms with Crippen LogP contribution in [0.25, 0.3) is 11.3 Å². The number of aliphatic hydroxyl groups is 1. The van der Waals surface area contributed by atoms with Gasteiger partial charge in [-0.1, -0.05) is 11.6 Å². The first-order valence-corrected chi connectivity index (χ1v) is 15.9. The number of carbonyl (C=O) groups is 4. The fraction of sp³-hybridized carbons (Fsp3) is 0.467. The van der Waals surface area contributed by atoms with Crippen molar-refractivity contribution in [1.82, 2.24) is 40.2 Å². The molecule has 6 rings (SSSR count). The summed E-state index contributed by atoms with van der Waals surface area (Å²) in [7, 11) is 2.74. The van der Waals surface area contributed by atoms with Crippen molar-refractivity contribution >= 4 is 41.6 Å². The number of nitrogens with zero attached hydrogens (tertiary/aromatic N) is 5. The molecular weight excluding hydrogens is 729 g/mol. The van der Waals surface area contributed by atoms with E-state index in [1.165, 1.54) is 37.3 Å². The number of methoxy groups -OCH3 is 1. The number of benzene rings is 1. The van der Waals surface area contributed by atoms with E-state index in [1.54, 1.807) is 0 Å². The number of hydrogen-bond donors (Lipinski definition) is 6. The number of urea groups is 1. The van der Waals surface area contributed by atoms with E-state index >= 15 is 0 Å². The van der Waals surface area contributed by atoms with Crippen LogP contribution in [0.4, 0.5) is 32.4 Å². The van der Waals surface area contributed by atoms with Crippen LogP contribution in [0.15, 0.2) is 30.6 Å². The average molecular weight is 762 g/mol. The first-order valence-electron chi connectivity index (χ1n) is 15.5. The number of amides is 4. The van der Waals surface area contributed by atoms with Gasteiger partial charge in [0.15, 0.2) is 11.5 Å². The monoisotopic (exact) mass is 761 g/mol. The van der Waals surface area contributed by atoms with Gasteiger partial charge in [-0.2, -0.15) is 18.3 Å². The van der Waals surface area contributed by atoms with E-state index in [1.807, 2.05) is 0 Å². The summed E-state index contributed by atoms with van der Waals surface area (Å²) in [5.74, 6) is -4.87. The number of hydrogen-bond acceptors (Lipinski definition) is 9. The molecule has 3 aliphatic rings. The predicted octanol–water partition coefficient (Wildman–Crippen LogP) is 1.96. The second-order valence-corrected chi connectivity index (χ2v) is 12.6. The van der Waals surface area contributed by atoms with Crippen molar-refractivity contribution < 1.29 is 56.1 Å². The molecule has 6 N–H and O–H groups in total. The van der Waals surface area contributed by atoms with Crippen molar-refractivity contribution in [2.24, 2.45) is 7.05 Å². The van der Waals surface area contributed by atoms with E-state index in [9.17, 15) is 41.4 Å². The zero-order valence-electron chi connectivity index (χ0n) is 27.3. The fourth-order valence-electron chi connectivity index (χ4n) is 5.89. The number of nitrogens with one attached hydrogen (secondary N) is 4. The number of likely N-dealkylation sites (tertiary alicyclic amines) is 1. The summed E-state index contributed by atoms with van der Waals surface area (Å²) in [4.78, 5) is 52.8. The van der Waals surface area contributed by atoms with Gasteiger partial charge in [0.05, 0.1) is 58.9 Å². The van der Waals surface area contributed by atoms with Gasteiger partial charge >= 0.3 is 12.2 Å². The van der Waals surface area contributed by atoms with Gasteiger partial charge in [0.25, 0.3) is 24.2 Å². The van der Waals surface area contributed by atoms with Gasteiger partial charge in [-0.25, -0.2) is 18.6 Å². The molecule has 4 amide bonds. The third-order valence-corrected chi connectivity index (χ3v) is 9.03. The van der Waals surface area contributed by atoms with Crippen LogP contribution in [-0.4, -0.2) is 122 Å². The molecule has 0 radical (unpaired) electrons. The van der Waals surface area contributed by atoms with Crippen molar-refractivity contribution in [2.45, 2.75) is 48.9 Å². The van der Waals surface area contributed by atoms with Crippen LogP contribution in [0.5, 0.6) is 0 Å². The molecule has 1 aromatic carbocycles. The lowest BCUT2D eigenvalue weighted by Crippen LogP contribution is -2.49. The first kappa shape index (κ1) is 38.4. The first-order chi connectivity index (χ1) is 24.5. The van der Waals surface area contributed by atoms with E-state index in [2.05, 4.69) is 31.3 Å². The molecule has 282 valence electrons. The number of carboxylic acid groups (broad SMARTS) is 1. The Balaban J connectivity index is 0.00000168. The van der Waals surface area contributed by atoms with Crippen LogP contribution in [0.1, 0.15) is 39.1 Å². The Morgan fingerprint density at radius 1 is 1.13 bits per heavy atom. The number of aliphatic hydroxyl groups excluding tert-OH is 1. The molecule has 2 saturated heterocycles. The third-order valence-electron chi connectivity index (χ3n) is 8.72. The standard InChI is InChI=1S/C29H31ClF5N9O5.CH2O2/c1-42-19(15-10-44(22-6-28(22,31)32)41-23(15)29(33,34)35)8-37-24(42)26(47)38-13-3-4-14(16(30)5-13)25(46)39-18-11-43(12-21(18)49-2)27(48)40-17-7-36-9-20(17)45;2-1-3/h3-5,8,10,17-18,20-22,36,45H,6-7,9,11-12H2,1-2H3,(H,38,47)(H,39,46)(H,40,48);1H,(H,2,3)/t17-,18?,20-,21?,22?;/m0./s1. The van der Waals surface area contributed by atoms with Gasteiger partial charge in [0, 0.05) is 52.1 Å². The Bertz CT molecular complexity index is 1840. The molecule has 3 unspecified atom stereocenters. The number of rotatable bonds is 8. The summed E-state index contributed by atoms with van der Waals surface area (Å²) in [5, 5.41) is 31.3. The molecule has 1 saturated carbocycles. The quantitative estimate of drug-likeness (QED) is 0.145. The molecular formula is C30H33ClF5N9O7. The van der Waals surface area contributed by atoms with Crippen molar-refractivity contribution in [2.75, 3.05) is 38.6 Å². The van der Waals surface area contributed by atoms with Gasteiger partial charge in [0.1, 0.15) is 6.04 Å². The number of halogens is 6. The van der Waals surface area contributed by atoms with Gasteiger partial charge in [-0.05, 0) is 18.2 Å². The summed E-state index contributed by atoms with van der Waals surface area (Å²) < 4.78 is 75.6. The van der Waals surface area contributed by atoms with Crippen LogP contribution in [-0.2, 0) is 22.8 Å². The summed E-state index contributed by atoms with van der Waals surface area (Å²) in [6.45, 7) is 0.855. The molecule has 1 aliphatic carbocycles. The second-order valence-electron chi connectivity index (χ2n) is 12.2. The minimum Gasteiger partial charge on any atom is -0.483 e. The molecule has 2 aromatic heterocycles. The number of ether oxygens (including phenoxy) is 1. The Morgan fingerprint density at radius 3 is 2.40 bits per heavy atom. The molecule has 16 nitrogen and oxygen atoms in total. The SMILES string of the molecule is COC1CN(C(=O)N[C@H]2CNC[C@@H]2O)CC1NC(=O)c1ccc(NC(=O)c2ncc(-c3cn(C4CC4(F)F)nc3C(F)(F)F)n2C)cc1Cl.O=CO. The van der Waals surface area contributed by atoms with Gasteiger partial charge in [-0.3, -0.25) is 19.1 Å². The largest absolute Gasteiger partial charge is 0.483 e. The lowest BCUT2D eigenvalue weighted by atomic mass is 10.1. The van der Waals surface area contributed by atoms with Crippen LogP contribution in [0.3, 0.4) is 0 Å². The van der Waals surface area contributed by atoms with Crippen molar-refractivity contribution in [3.05, 3.63) is 52.7 Å². The highest BCUT2D eigenvalue weighted by molar-refractivity contribution is 6.34. The number of aromatic nitrogens is 4. The lowest BCUT2D eigenvalue weighted by molar-refractivity contribution is -0.141. The summed E-state index contributed by atoms with van der Waals surface area (Å²) in [5.41, 5.74) is -1.90. The highest BCUT2D eigenvalue weighted by Crippen LogP contribution is 2.53. The maximum absolute atomic E-state index is 13.8. The van der Waals surface area contributed by atoms with E-state index in [0.717, 1.165) is 17.0 Å². The highest BCUT2D eigenvalue weighted by Gasteiger charge is 2.59. The topological polar surface area (TPSA) is 205 Å². The van der Waals surface area contributed by atoms with Gasteiger partial charge < -0.3 is 45.7 Å². The van der Waals surface area contributed by atoms with Crippen LogP contribution in [0.2, 0.25) is 5.02 Å². The summed E-state index contributed by atoms with van der Waals surface area (Å²) in [6, 6.07) is 1.08. The zero-order chi connectivity index (χ0) is 38.1. The zero-order valence-corrected chi connectivity index (χ0v) is 28.1. The minimum atomic E-state index is -4.96. The number of β-amino-alcohol motifs (C(OH)–C–C–N with tert-alkyl or cyclic N) is 1. The maximum Gasteiger partial charge on any atom is 0.435 e. The second kappa shape index (κ2) is 15.0. The van der Waals surface area contributed by atoms with Gasteiger partial charge in [-0.15, -0.1) is 0 Å². The highest BCUT2D eigenvalue weighted by atomic mass is 35.5. The smallest absolute Gasteiger partial charge is 0.435 e. The molecule has 22 heteroatoms. The normalized spacial score (nSPS) is 23.4. The molecule has 0 spiro atoms. The molecule has 4 heterocycles. The Labute approximate surface area is 296 Å². The minimum absolute atomic E-state index is 0.0424. The number of carbonyl (C=O) groups excluding carboxylic acids is 3. The Kier molecular flexibility index (Phi) is 11.1. The van der Waals surface area contributed by atoms with Crippen LogP contribution < -0.4 is 21.3 Å². The van der Waals surface area contributed by atoms with Crippen LogP contribution >= 0.6 is 11.6 Å². The average Bonchev–Trinajstić information content (AvgIpc) is 3.62. The van der Waals surface area contributed by atoms with Gasteiger partial charge in [0.2, 0.25) is 0 Å². The van der Waals surface area contributed by atoms with E-state index in [0.29, 0.717) is 17.8 Å². The molecule has 5 atom stereocenters. The van der Waals surface area contributed by atoms with Crippen molar-refractivity contribution in [3.63, 3.8) is 0 Å². The summed E-state index contributed by atoms with van der Waals surface area (Å²) in [6.07, 6.45) is -4.97. The van der Waals surface area contributed by atoms with E-state index < -0.39 is 78.0 Å². The maximum atomic E-state index is 13.8. The Hall–Kier alpha value is -4.86. The van der Waals surface area contributed by atoms with E-state index in [4.69, 9.17) is 26.2 Å². The fourth-order valence-corrected chi connectivity index (χ4v) is 6.16. The molecule has 3 aromatic rings. The molecule has 3 fully saturated rings. The van der Waals surface area contributed by atoms with Crippen molar-refractivity contribution in [3.8, 4) is 11.3 Å². The number of anilines is 1. The Morgan fingerprint density at radius 2 is 1.83 bits per heavy atom. The molecule has 52 heavy (non-hydrogen) atoms. The van der Waals surface area contributed by atoms with E-state index in [-0.39, 0.29) is 47.4 Å². The number of imidazole rings is 1. The lowest BCUT2D eigenvalue weighted by Gasteiger charge is -2.22. The molecule has 0 bridgehead atoms. The molecule has 2 aliphatic heterocycles. The number of alkyl halides is 5. The van der Waals surface area contributed by atoms with Crippen molar-refractivity contribution in [1.29, 1.82) is 0 Å². The summed E-state index contributed by atoms with van der Waals surface area (Å²) >= 11 is 6.39. The van der Waals surface area contributed by atoms with Crippen LogP contribution in [0, 0.1) is 0 Å².